The van der Waals surface area contributed by atoms with Crippen LogP contribution >= 0.6 is 11.6 Å². The normalized spacial score (nSPS) is 15.4. The molecule has 5 nitrogen and oxygen atoms in total. The van der Waals surface area contributed by atoms with Crippen LogP contribution in [0.3, 0.4) is 0 Å². The second kappa shape index (κ2) is 7.93. The van der Waals surface area contributed by atoms with E-state index < -0.39 is 0 Å². The van der Waals surface area contributed by atoms with Crippen LogP contribution in [-0.2, 0) is 9.59 Å². The maximum Gasteiger partial charge on any atom is 0.221 e. The Labute approximate surface area is 146 Å². The number of nitrogens with zero attached hydrogens (tertiary/aromatic N) is 2. The number of halogens is 1. The highest BCUT2D eigenvalue weighted by molar-refractivity contribution is 6.33. The number of carbonyl (C=O) groups is 2. The fraction of sp³-hybridized carbons (Fsp3) is 0.278. The summed E-state index contributed by atoms with van der Waals surface area (Å²) >= 11 is 6.36. The Morgan fingerprint density at radius 3 is 2.54 bits per heavy atom. The summed E-state index contributed by atoms with van der Waals surface area (Å²) in [5, 5.41) is 3.13. The molecule has 1 aromatic carbocycles. The molecule has 1 aromatic rings. The van der Waals surface area contributed by atoms with Crippen LogP contribution in [0.1, 0.15) is 20.8 Å². The van der Waals surface area contributed by atoms with Crippen molar-refractivity contribution in [3.8, 4) is 0 Å². The lowest BCUT2D eigenvalue weighted by atomic mass is 10.1. The first-order chi connectivity index (χ1) is 11.4. The molecule has 24 heavy (non-hydrogen) atoms. The van der Waals surface area contributed by atoms with Crippen molar-refractivity contribution < 1.29 is 9.59 Å². The highest BCUT2D eigenvalue weighted by Gasteiger charge is 2.14. The number of carbonyl (C=O) groups excluding carboxylic acids is 2. The predicted octanol–water partition coefficient (Wildman–Crippen LogP) is 3.42. The molecule has 6 heteroatoms. The summed E-state index contributed by atoms with van der Waals surface area (Å²) in [6.45, 7) is 7.33. The molecule has 0 bridgehead atoms. The number of amides is 1. The molecule has 0 fully saturated rings. The molecule has 1 aliphatic rings. The molecule has 0 saturated carbocycles. The lowest BCUT2D eigenvalue weighted by Gasteiger charge is -2.21. The van der Waals surface area contributed by atoms with E-state index in [4.69, 9.17) is 11.6 Å². The largest absolute Gasteiger partial charge is 0.372 e. The summed E-state index contributed by atoms with van der Waals surface area (Å²) in [6.07, 6.45) is 4.32. The second-order valence-corrected chi connectivity index (χ2v) is 5.69. The summed E-state index contributed by atoms with van der Waals surface area (Å²) < 4.78 is 0. The van der Waals surface area contributed by atoms with Crippen LogP contribution in [0.5, 0.6) is 0 Å². The fourth-order valence-electron chi connectivity index (χ4n) is 2.40. The molecule has 1 amide bonds. The molecule has 1 aliphatic carbocycles. The van der Waals surface area contributed by atoms with E-state index in [1.54, 1.807) is 6.08 Å². The molecule has 0 spiro atoms. The quantitative estimate of drug-likeness (QED) is 0.832. The monoisotopic (exact) mass is 345 g/mol. The Morgan fingerprint density at radius 2 is 1.96 bits per heavy atom. The lowest BCUT2D eigenvalue weighted by molar-refractivity contribution is -0.118. The minimum atomic E-state index is -0.264. The molecular formula is C18H20ClN3O2. The third kappa shape index (κ3) is 4.32. The molecule has 0 aromatic heterocycles. The van der Waals surface area contributed by atoms with Crippen molar-refractivity contribution >= 4 is 40.4 Å². The van der Waals surface area contributed by atoms with Crippen molar-refractivity contribution in [2.24, 2.45) is 4.99 Å². The van der Waals surface area contributed by atoms with Crippen LogP contribution in [0, 0.1) is 0 Å². The number of aliphatic imine (C=N–C) groups is 1. The zero-order valence-corrected chi connectivity index (χ0v) is 14.7. The van der Waals surface area contributed by atoms with E-state index in [9.17, 15) is 9.59 Å². The number of benzene rings is 1. The van der Waals surface area contributed by atoms with E-state index in [0.717, 1.165) is 18.8 Å². The molecule has 0 aliphatic heterocycles. The van der Waals surface area contributed by atoms with Crippen molar-refractivity contribution in [1.29, 1.82) is 0 Å². The van der Waals surface area contributed by atoms with Crippen LogP contribution in [0.2, 0.25) is 5.02 Å². The van der Waals surface area contributed by atoms with Gasteiger partial charge in [-0.05, 0) is 44.2 Å². The van der Waals surface area contributed by atoms with Gasteiger partial charge in [-0.3, -0.25) is 9.59 Å². The summed E-state index contributed by atoms with van der Waals surface area (Å²) in [5.74, 6) is -0.458. The summed E-state index contributed by atoms with van der Waals surface area (Å²) in [6, 6.07) is 5.66. The number of ketones is 1. The summed E-state index contributed by atoms with van der Waals surface area (Å²) in [7, 11) is 0. The van der Waals surface area contributed by atoms with E-state index in [1.807, 2.05) is 18.2 Å². The Bertz CT molecular complexity index is 747. The zero-order valence-electron chi connectivity index (χ0n) is 14.0. The highest BCUT2D eigenvalue weighted by atomic mass is 35.5. The number of hydrogen-bond acceptors (Lipinski definition) is 4. The van der Waals surface area contributed by atoms with Crippen LogP contribution in [0.25, 0.3) is 0 Å². The standard InChI is InChI=1S/C18H20ClN3O2/c1-4-22(5-2)13-6-8-16(15(19)10-13)21-17-9-7-14(24)11-18(17)20-12(3)23/h6-11H,4-5H2,1-3H3,(H,20,23). The first-order valence-corrected chi connectivity index (χ1v) is 8.17. The molecule has 0 atom stereocenters. The van der Waals surface area contributed by atoms with Gasteiger partial charge < -0.3 is 10.2 Å². The minimum Gasteiger partial charge on any atom is -0.372 e. The third-order valence-electron chi connectivity index (χ3n) is 3.58. The number of anilines is 1. The van der Waals surface area contributed by atoms with Crippen LogP contribution < -0.4 is 10.2 Å². The smallest absolute Gasteiger partial charge is 0.221 e. The maximum atomic E-state index is 11.5. The molecule has 0 heterocycles. The first kappa shape index (κ1) is 17.9. The first-order valence-electron chi connectivity index (χ1n) is 7.79. The Balaban J connectivity index is 2.35. The SMILES string of the molecule is CCN(CC)c1ccc(N=C2C=CC(=O)C=C2NC(C)=O)c(Cl)c1. The van der Waals surface area contributed by atoms with Gasteiger partial charge in [-0.2, -0.15) is 0 Å². The van der Waals surface area contributed by atoms with Crippen LogP contribution in [0.4, 0.5) is 11.4 Å². The Morgan fingerprint density at radius 1 is 1.25 bits per heavy atom. The highest BCUT2D eigenvalue weighted by Crippen LogP contribution is 2.30. The van der Waals surface area contributed by atoms with Gasteiger partial charge in [-0.15, -0.1) is 0 Å². The van der Waals surface area contributed by atoms with Gasteiger partial charge in [0.15, 0.2) is 5.78 Å². The van der Waals surface area contributed by atoms with Crippen molar-refractivity contribution in [3.63, 3.8) is 0 Å². The summed E-state index contributed by atoms with van der Waals surface area (Å²) in [4.78, 5) is 29.5. The van der Waals surface area contributed by atoms with Crippen molar-refractivity contribution in [1.82, 2.24) is 5.32 Å². The van der Waals surface area contributed by atoms with Gasteiger partial charge in [0, 0.05) is 31.8 Å². The molecule has 126 valence electrons. The fourth-order valence-corrected chi connectivity index (χ4v) is 2.62. The topological polar surface area (TPSA) is 61.8 Å². The Hall–Kier alpha value is -2.40. The number of allylic oxidation sites excluding steroid dienone is 3. The van der Waals surface area contributed by atoms with Gasteiger partial charge in [0.05, 0.1) is 22.1 Å². The van der Waals surface area contributed by atoms with Crippen molar-refractivity contribution in [2.75, 3.05) is 18.0 Å². The minimum absolute atomic E-state index is 0.194. The van der Waals surface area contributed by atoms with Gasteiger partial charge in [0.2, 0.25) is 5.91 Å². The van der Waals surface area contributed by atoms with Gasteiger partial charge in [0.25, 0.3) is 0 Å². The average Bonchev–Trinajstić information content (AvgIpc) is 2.52. The number of nitrogens with one attached hydrogen (secondary N) is 1. The average molecular weight is 346 g/mol. The van der Waals surface area contributed by atoms with Gasteiger partial charge in [0.1, 0.15) is 0 Å². The lowest BCUT2D eigenvalue weighted by Crippen LogP contribution is -2.26. The Kier molecular flexibility index (Phi) is 5.93. The van der Waals surface area contributed by atoms with E-state index in [1.165, 1.54) is 19.1 Å². The van der Waals surface area contributed by atoms with Gasteiger partial charge in [-0.1, -0.05) is 11.6 Å². The van der Waals surface area contributed by atoms with E-state index in [0.29, 0.717) is 22.1 Å². The van der Waals surface area contributed by atoms with Crippen molar-refractivity contribution in [3.05, 3.63) is 47.1 Å². The van der Waals surface area contributed by atoms with Gasteiger partial charge in [-0.25, -0.2) is 4.99 Å². The zero-order chi connectivity index (χ0) is 17.7. The molecule has 1 N–H and O–H groups in total. The number of rotatable bonds is 5. The van der Waals surface area contributed by atoms with E-state index in [-0.39, 0.29) is 11.7 Å². The third-order valence-corrected chi connectivity index (χ3v) is 3.88. The van der Waals surface area contributed by atoms with Crippen LogP contribution in [-0.4, -0.2) is 30.5 Å². The molecule has 0 unspecified atom stereocenters. The van der Waals surface area contributed by atoms with E-state index in [2.05, 4.69) is 29.1 Å². The second-order valence-electron chi connectivity index (χ2n) is 5.28. The number of hydrogen-bond donors (Lipinski definition) is 1. The molecule has 0 saturated heterocycles. The maximum absolute atomic E-state index is 11.5. The van der Waals surface area contributed by atoms with E-state index >= 15 is 0 Å². The molecular weight excluding hydrogens is 326 g/mol. The molecule has 0 radical (unpaired) electrons. The van der Waals surface area contributed by atoms with Gasteiger partial charge >= 0.3 is 0 Å². The summed E-state index contributed by atoms with van der Waals surface area (Å²) in [5.41, 5.74) is 2.47. The van der Waals surface area contributed by atoms with Crippen molar-refractivity contribution in [2.45, 2.75) is 20.8 Å². The van der Waals surface area contributed by atoms with Crippen LogP contribution in [0.15, 0.2) is 47.1 Å². The molecule has 2 rings (SSSR count). The predicted molar refractivity (Wildman–Crippen MR) is 98.2 cm³/mol.